The highest BCUT2D eigenvalue weighted by Gasteiger charge is 2.13. The van der Waals surface area contributed by atoms with E-state index in [-0.39, 0.29) is 6.04 Å². The predicted octanol–water partition coefficient (Wildman–Crippen LogP) is 3.22. The highest BCUT2D eigenvalue weighted by atomic mass is 16.5. The molecule has 0 bridgehead atoms. The number of rotatable bonds is 4. The Hall–Kier alpha value is -2.20. The molecule has 3 aromatic rings. The Labute approximate surface area is 117 Å². The number of fused-ring (bicyclic) bond motifs is 1. The van der Waals surface area contributed by atoms with Gasteiger partial charge in [0.2, 0.25) is 5.89 Å². The quantitative estimate of drug-likeness (QED) is 0.788. The number of hydrogen-bond acceptors (Lipinski definition) is 4. The Kier molecular flexibility index (Phi) is 3.48. The van der Waals surface area contributed by atoms with Crippen molar-refractivity contribution in [1.29, 1.82) is 0 Å². The second kappa shape index (κ2) is 5.43. The molecule has 1 aromatic heterocycles. The molecule has 2 N–H and O–H groups in total. The first-order chi connectivity index (χ1) is 9.78. The Balaban J connectivity index is 1.91. The maximum Gasteiger partial charge on any atom is 0.231 e. The van der Waals surface area contributed by atoms with Crippen molar-refractivity contribution in [2.24, 2.45) is 5.73 Å². The lowest BCUT2D eigenvalue weighted by Gasteiger charge is -2.03. The van der Waals surface area contributed by atoms with E-state index in [1.54, 1.807) is 0 Å². The highest BCUT2D eigenvalue weighted by molar-refractivity contribution is 5.85. The van der Waals surface area contributed by atoms with Gasteiger partial charge in [0.15, 0.2) is 5.82 Å². The lowest BCUT2D eigenvalue weighted by molar-refractivity contribution is 0.375. The van der Waals surface area contributed by atoms with Crippen LogP contribution in [0, 0.1) is 0 Å². The van der Waals surface area contributed by atoms with E-state index < -0.39 is 0 Å². The van der Waals surface area contributed by atoms with E-state index in [1.807, 2.05) is 25.1 Å². The summed E-state index contributed by atoms with van der Waals surface area (Å²) in [4.78, 5) is 4.38. The van der Waals surface area contributed by atoms with Gasteiger partial charge in [0.1, 0.15) is 0 Å². The van der Waals surface area contributed by atoms with Crippen molar-refractivity contribution in [2.75, 3.05) is 0 Å². The normalized spacial score (nSPS) is 12.7. The Bertz CT molecular complexity index is 715. The third-order valence-corrected chi connectivity index (χ3v) is 3.48. The topological polar surface area (TPSA) is 64.9 Å². The van der Waals surface area contributed by atoms with Crippen LogP contribution in [0.5, 0.6) is 0 Å². The zero-order valence-electron chi connectivity index (χ0n) is 11.4. The fraction of sp³-hybridized carbons (Fsp3) is 0.250. The highest BCUT2D eigenvalue weighted by Crippen LogP contribution is 2.21. The minimum atomic E-state index is -0.153. The summed E-state index contributed by atoms with van der Waals surface area (Å²) in [5.74, 6) is 1.20. The van der Waals surface area contributed by atoms with Gasteiger partial charge in [-0.15, -0.1) is 0 Å². The molecule has 1 atom stereocenters. The molecule has 1 heterocycles. The van der Waals surface area contributed by atoms with E-state index in [9.17, 15) is 0 Å². The average Bonchev–Trinajstić information content (AvgIpc) is 2.95. The lowest BCUT2D eigenvalue weighted by Crippen LogP contribution is -2.10. The Morgan fingerprint density at radius 1 is 1.15 bits per heavy atom. The van der Waals surface area contributed by atoms with Crippen LogP contribution in [0.1, 0.15) is 36.7 Å². The predicted molar refractivity (Wildman–Crippen MR) is 78.3 cm³/mol. The molecule has 0 aliphatic heterocycles. The number of hydrogen-bond donors (Lipinski definition) is 1. The fourth-order valence-corrected chi connectivity index (χ4v) is 2.28. The molecule has 4 heteroatoms. The molecule has 0 aliphatic carbocycles. The first kappa shape index (κ1) is 12.8. The molecule has 102 valence electrons. The van der Waals surface area contributed by atoms with E-state index in [0.29, 0.717) is 18.1 Å². The van der Waals surface area contributed by atoms with Crippen molar-refractivity contribution in [2.45, 2.75) is 25.8 Å². The van der Waals surface area contributed by atoms with Crippen molar-refractivity contribution in [3.63, 3.8) is 0 Å². The molecule has 0 spiro atoms. The lowest BCUT2D eigenvalue weighted by atomic mass is 10.0. The molecule has 1 unspecified atom stereocenters. The number of nitrogens with two attached hydrogens (primary N) is 1. The molecule has 0 saturated carbocycles. The standard InChI is InChI=1S/C16H17N3O/c1-2-14(17)16-18-15(20-19-16)10-12-8-5-7-11-6-3-4-9-13(11)12/h3-9,14H,2,10,17H2,1H3. The van der Waals surface area contributed by atoms with Gasteiger partial charge in [0.05, 0.1) is 12.5 Å². The van der Waals surface area contributed by atoms with Crippen LogP contribution in [0.25, 0.3) is 10.8 Å². The summed E-state index contributed by atoms with van der Waals surface area (Å²) in [6.07, 6.45) is 1.43. The summed E-state index contributed by atoms with van der Waals surface area (Å²) in [7, 11) is 0. The van der Waals surface area contributed by atoms with Crippen molar-refractivity contribution >= 4 is 10.8 Å². The minimum Gasteiger partial charge on any atom is -0.339 e. The molecular weight excluding hydrogens is 250 g/mol. The first-order valence-electron chi connectivity index (χ1n) is 6.82. The molecule has 0 saturated heterocycles. The maximum absolute atomic E-state index is 5.91. The molecule has 20 heavy (non-hydrogen) atoms. The summed E-state index contributed by atoms with van der Waals surface area (Å²) in [6, 6.07) is 14.4. The SMILES string of the molecule is CCC(N)c1noc(Cc2cccc3ccccc23)n1. The van der Waals surface area contributed by atoms with Crippen molar-refractivity contribution in [3.8, 4) is 0 Å². The molecule has 0 amide bonds. The number of nitrogens with zero attached hydrogens (tertiary/aromatic N) is 2. The largest absolute Gasteiger partial charge is 0.339 e. The minimum absolute atomic E-state index is 0.153. The summed E-state index contributed by atoms with van der Waals surface area (Å²) >= 11 is 0. The van der Waals surface area contributed by atoms with E-state index in [2.05, 4.69) is 34.4 Å². The molecule has 3 rings (SSSR count). The van der Waals surface area contributed by atoms with Crippen LogP contribution in [-0.4, -0.2) is 10.1 Å². The monoisotopic (exact) mass is 267 g/mol. The van der Waals surface area contributed by atoms with Crippen LogP contribution >= 0.6 is 0 Å². The number of aromatic nitrogens is 2. The molecule has 0 fully saturated rings. The summed E-state index contributed by atoms with van der Waals surface area (Å²) in [5, 5.41) is 6.39. The zero-order chi connectivity index (χ0) is 13.9. The van der Waals surface area contributed by atoms with Gasteiger partial charge in [-0.05, 0) is 22.8 Å². The third kappa shape index (κ3) is 2.42. The molecular formula is C16H17N3O. The fourth-order valence-electron chi connectivity index (χ4n) is 2.28. The summed E-state index contributed by atoms with van der Waals surface area (Å²) < 4.78 is 5.30. The number of benzene rings is 2. The van der Waals surface area contributed by atoms with Gasteiger partial charge in [-0.3, -0.25) is 0 Å². The molecule has 2 aromatic carbocycles. The second-order valence-corrected chi connectivity index (χ2v) is 4.88. The van der Waals surface area contributed by atoms with Gasteiger partial charge in [-0.25, -0.2) is 0 Å². The van der Waals surface area contributed by atoms with E-state index >= 15 is 0 Å². The molecule has 0 aliphatic rings. The van der Waals surface area contributed by atoms with Crippen LogP contribution in [0.15, 0.2) is 47.0 Å². The third-order valence-electron chi connectivity index (χ3n) is 3.48. The zero-order valence-corrected chi connectivity index (χ0v) is 11.4. The van der Waals surface area contributed by atoms with E-state index in [4.69, 9.17) is 10.3 Å². The Morgan fingerprint density at radius 3 is 2.80 bits per heavy atom. The van der Waals surface area contributed by atoms with Crippen LogP contribution < -0.4 is 5.73 Å². The van der Waals surface area contributed by atoms with Crippen molar-refractivity contribution < 1.29 is 4.52 Å². The second-order valence-electron chi connectivity index (χ2n) is 4.88. The Morgan fingerprint density at radius 2 is 1.95 bits per heavy atom. The summed E-state index contributed by atoms with van der Waals surface area (Å²) in [5.41, 5.74) is 7.09. The van der Waals surface area contributed by atoms with Crippen LogP contribution in [0.4, 0.5) is 0 Å². The molecule has 0 radical (unpaired) electrons. The van der Waals surface area contributed by atoms with Crippen LogP contribution in [-0.2, 0) is 6.42 Å². The molecule has 4 nitrogen and oxygen atoms in total. The van der Waals surface area contributed by atoms with Gasteiger partial charge < -0.3 is 10.3 Å². The van der Waals surface area contributed by atoms with Crippen molar-refractivity contribution in [1.82, 2.24) is 10.1 Å². The van der Waals surface area contributed by atoms with Crippen LogP contribution in [0.2, 0.25) is 0 Å². The van der Waals surface area contributed by atoms with E-state index in [1.165, 1.54) is 16.3 Å². The van der Waals surface area contributed by atoms with Crippen LogP contribution in [0.3, 0.4) is 0 Å². The van der Waals surface area contributed by atoms with Gasteiger partial charge >= 0.3 is 0 Å². The maximum atomic E-state index is 5.91. The summed E-state index contributed by atoms with van der Waals surface area (Å²) in [6.45, 7) is 2.01. The van der Waals surface area contributed by atoms with Gasteiger partial charge in [-0.1, -0.05) is 54.5 Å². The van der Waals surface area contributed by atoms with Gasteiger partial charge in [0, 0.05) is 0 Å². The van der Waals surface area contributed by atoms with Crippen molar-refractivity contribution in [3.05, 3.63) is 59.7 Å². The average molecular weight is 267 g/mol. The first-order valence-corrected chi connectivity index (χ1v) is 6.82. The van der Waals surface area contributed by atoms with Gasteiger partial charge in [-0.2, -0.15) is 4.98 Å². The smallest absolute Gasteiger partial charge is 0.231 e. The van der Waals surface area contributed by atoms with E-state index in [0.717, 1.165) is 6.42 Å². The van der Waals surface area contributed by atoms with Gasteiger partial charge in [0.25, 0.3) is 0 Å².